The van der Waals surface area contributed by atoms with Crippen LogP contribution in [0.15, 0.2) is 23.1 Å². The van der Waals surface area contributed by atoms with E-state index in [0.29, 0.717) is 6.07 Å². The SMILES string of the molecule is CCN(CC(C)(C)O)S(=O)(=O)c1ccc(F)c(C(F)(F)F)c1. The van der Waals surface area contributed by atoms with Gasteiger partial charge in [0.2, 0.25) is 10.0 Å². The van der Waals surface area contributed by atoms with E-state index < -0.39 is 38.1 Å². The predicted octanol–water partition coefficient (Wildman–Crippen LogP) is 2.63. The molecule has 0 aliphatic rings. The van der Waals surface area contributed by atoms with Crippen molar-refractivity contribution in [1.29, 1.82) is 0 Å². The number of hydrogen-bond donors (Lipinski definition) is 1. The number of halogens is 4. The average Bonchev–Trinajstić information content (AvgIpc) is 2.33. The number of sulfonamides is 1. The summed E-state index contributed by atoms with van der Waals surface area (Å²) in [6, 6.07) is 1.50. The molecule has 1 rings (SSSR count). The lowest BCUT2D eigenvalue weighted by Crippen LogP contribution is -2.42. The molecule has 0 radical (unpaired) electrons. The zero-order valence-corrected chi connectivity index (χ0v) is 13.1. The number of hydrogen-bond acceptors (Lipinski definition) is 3. The summed E-state index contributed by atoms with van der Waals surface area (Å²) in [6.45, 7) is 3.88. The van der Waals surface area contributed by atoms with Gasteiger partial charge in [0.25, 0.3) is 0 Å². The second-order valence-electron chi connectivity index (χ2n) is 5.38. The van der Waals surface area contributed by atoms with Gasteiger partial charge in [0.15, 0.2) is 0 Å². The standard InChI is InChI=1S/C13H17F4NO3S/c1-4-18(8-12(2,3)19)22(20,21)9-5-6-11(14)10(7-9)13(15,16)17/h5-7,19H,4,8H2,1-3H3. The summed E-state index contributed by atoms with van der Waals surface area (Å²) < 4.78 is 76.8. The van der Waals surface area contributed by atoms with Gasteiger partial charge in [0, 0.05) is 13.1 Å². The van der Waals surface area contributed by atoms with Gasteiger partial charge in [-0.3, -0.25) is 0 Å². The highest BCUT2D eigenvalue weighted by Crippen LogP contribution is 2.33. The fourth-order valence-corrected chi connectivity index (χ4v) is 3.46. The summed E-state index contributed by atoms with van der Waals surface area (Å²) >= 11 is 0. The van der Waals surface area contributed by atoms with E-state index in [9.17, 15) is 31.1 Å². The van der Waals surface area contributed by atoms with E-state index >= 15 is 0 Å². The molecule has 0 atom stereocenters. The van der Waals surface area contributed by atoms with Crippen molar-refractivity contribution in [2.24, 2.45) is 0 Å². The molecule has 0 aromatic heterocycles. The van der Waals surface area contributed by atoms with Crippen LogP contribution < -0.4 is 0 Å². The van der Waals surface area contributed by atoms with E-state index in [2.05, 4.69) is 0 Å². The summed E-state index contributed by atoms with van der Waals surface area (Å²) in [5, 5.41) is 9.71. The Morgan fingerprint density at radius 1 is 1.23 bits per heavy atom. The molecule has 0 aliphatic carbocycles. The van der Waals surface area contributed by atoms with E-state index in [1.807, 2.05) is 0 Å². The van der Waals surface area contributed by atoms with Gasteiger partial charge in [-0.15, -0.1) is 0 Å². The Bertz CT molecular complexity index is 636. The fourth-order valence-electron chi connectivity index (χ4n) is 1.83. The Hall–Kier alpha value is -1.19. The topological polar surface area (TPSA) is 57.6 Å². The molecule has 9 heteroatoms. The fraction of sp³-hybridized carbons (Fsp3) is 0.538. The van der Waals surface area contributed by atoms with E-state index in [4.69, 9.17) is 0 Å². The molecular formula is C13H17F4NO3S. The highest BCUT2D eigenvalue weighted by molar-refractivity contribution is 7.89. The zero-order chi connectivity index (χ0) is 17.3. The van der Waals surface area contributed by atoms with Crippen LogP contribution in [-0.2, 0) is 16.2 Å². The molecule has 0 amide bonds. The zero-order valence-electron chi connectivity index (χ0n) is 12.3. The molecule has 1 aromatic carbocycles. The van der Waals surface area contributed by atoms with Crippen molar-refractivity contribution in [3.05, 3.63) is 29.6 Å². The van der Waals surface area contributed by atoms with Crippen molar-refractivity contribution in [3.8, 4) is 0 Å². The maximum absolute atomic E-state index is 13.2. The minimum absolute atomic E-state index is 0.0505. The third kappa shape index (κ3) is 4.40. The first-order valence-electron chi connectivity index (χ1n) is 6.38. The number of nitrogens with zero attached hydrogens (tertiary/aromatic N) is 1. The van der Waals surface area contributed by atoms with Gasteiger partial charge >= 0.3 is 6.18 Å². The first-order chi connectivity index (χ1) is 9.79. The van der Waals surface area contributed by atoms with Gasteiger partial charge in [-0.1, -0.05) is 6.92 Å². The second kappa shape index (κ2) is 6.13. The van der Waals surface area contributed by atoms with E-state index in [-0.39, 0.29) is 19.2 Å². The molecule has 126 valence electrons. The molecular weight excluding hydrogens is 326 g/mol. The van der Waals surface area contributed by atoms with Crippen molar-refractivity contribution in [1.82, 2.24) is 4.31 Å². The van der Waals surface area contributed by atoms with Crippen molar-refractivity contribution in [3.63, 3.8) is 0 Å². The molecule has 0 saturated heterocycles. The molecule has 0 heterocycles. The molecule has 0 bridgehead atoms. The number of rotatable bonds is 5. The lowest BCUT2D eigenvalue weighted by Gasteiger charge is -2.27. The van der Waals surface area contributed by atoms with E-state index in [1.54, 1.807) is 0 Å². The first-order valence-corrected chi connectivity index (χ1v) is 7.82. The molecule has 0 unspecified atom stereocenters. The molecule has 4 nitrogen and oxygen atoms in total. The number of likely N-dealkylation sites (N-methyl/N-ethyl adjacent to an activating group) is 1. The monoisotopic (exact) mass is 343 g/mol. The maximum Gasteiger partial charge on any atom is 0.419 e. The molecule has 1 N–H and O–H groups in total. The van der Waals surface area contributed by atoms with Crippen LogP contribution in [0.1, 0.15) is 26.3 Å². The minimum Gasteiger partial charge on any atom is -0.389 e. The highest BCUT2D eigenvalue weighted by atomic mass is 32.2. The third-order valence-electron chi connectivity index (χ3n) is 2.80. The Balaban J connectivity index is 3.34. The summed E-state index contributed by atoms with van der Waals surface area (Å²) in [5.74, 6) is -1.54. The molecule has 0 spiro atoms. The van der Waals surface area contributed by atoms with Crippen LogP contribution in [0.2, 0.25) is 0 Å². The van der Waals surface area contributed by atoms with Crippen LogP contribution in [0.4, 0.5) is 17.6 Å². The Morgan fingerprint density at radius 2 is 1.77 bits per heavy atom. The number of aliphatic hydroxyl groups is 1. The van der Waals surface area contributed by atoms with Crippen molar-refractivity contribution >= 4 is 10.0 Å². The average molecular weight is 343 g/mol. The quantitative estimate of drug-likeness (QED) is 0.836. The third-order valence-corrected chi connectivity index (χ3v) is 4.71. The molecule has 0 aliphatic heterocycles. The van der Waals surface area contributed by atoms with Gasteiger partial charge < -0.3 is 5.11 Å². The van der Waals surface area contributed by atoms with Gasteiger partial charge in [-0.2, -0.15) is 17.5 Å². The summed E-state index contributed by atoms with van der Waals surface area (Å²) in [7, 11) is -4.28. The molecule has 0 fully saturated rings. The predicted molar refractivity (Wildman–Crippen MR) is 72.1 cm³/mol. The van der Waals surface area contributed by atoms with Crippen LogP contribution in [0.5, 0.6) is 0 Å². The van der Waals surface area contributed by atoms with Gasteiger partial charge in [-0.25, -0.2) is 12.8 Å². The van der Waals surface area contributed by atoms with Crippen LogP contribution in [0.3, 0.4) is 0 Å². The van der Waals surface area contributed by atoms with Gasteiger partial charge in [0.1, 0.15) is 5.82 Å². The molecule has 22 heavy (non-hydrogen) atoms. The summed E-state index contributed by atoms with van der Waals surface area (Å²) in [5.41, 5.74) is -3.01. The largest absolute Gasteiger partial charge is 0.419 e. The Labute approximate surface area is 126 Å². The van der Waals surface area contributed by atoms with Crippen LogP contribution in [0.25, 0.3) is 0 Å². The second-order valence-corrected chi connectivity index (χ2v) is 7.32. The molecule has 0 saturated carbocycles. The van der Waals surface area contributed by atoms with E-state index in [1.165, 1.54) is 20.8 Å². The van der Waals surface area contributed by atoms with Crippen molar-refractivity contribution in [2.75, 3.05) is 13.1 Å². The summed E-state index contributed by atoms with van der Waals surface area (Å²) in [6.07, 6.45) is -5.00. The Morgan fingerprint density at radius 3 is 2.18 bits per heavy atom. The van der Waals surface area contributed by atoms with Gasteiger partial charge in [0.05, 0.1) is 16.1 Å². The number of alkyl halides is 3. The van der Waals surface area contributed by atoms with Crippen molar-refractivity contribution in [2.45, 2.75) is 37.4 Å². The minimum atomic E-state index is -5.00. The van der Waals surface area contributed by atoms with Crippen LogP contribution >= 0.6 is 0 Å². The van der Waals surface area contributed by atoms with Crippen LogP contribution in [-0.4, -0.2) is 36.5 Å². The normalized spacial score (nSPS) is 13.7. The maximum atomic E-state index is 13.2. The van der Waals surface area contributed by atoms with E-state index in [0.717, 1.165) is 10.4 Å². The van der Waals surface area contributed by atoms with Crippen molar-refractivity contribution < 1.29 is 31.1 Å². The molecule has 1 aromatic rings. The number of benzene rings is 1. The van der Waals surface area contributed by atoms with Gasteiger partial charge in [-0.05, 0) is 32.0 Å². The highest BCUT2D eigenvalue weighted by Gasteiger charge is 2.36. The summed E-state index contributed by atoms with van der Waals surface area (Å²) in [4.78, 5) is -0.674. The first kappa shape index (κ1) is 18.9. The lowest BCUT2D eigenvalue weighted by molar-refractivity contribution is -0.140. The lowest BCUT2D eigenvalue weighted by atomic mass is 10.1. The van der Waals surface area contributed by atoms with Crippen LogP contribution in [0, 0.1) is 5.82 Å². The smallest absolute Gasteiger partial charge is 0.389 e. The Kier molecular flexibility index (Phi) is 5.26.